The van der Waals surface area contributed by atoms with E-state index in [9.17, 15) is 0 Å². The molecule has 0 bridgehead atoms. The van der Waals surface area contributed by atoms with Crippen molar-refractivity contribution in [3.8, 4) is 0 Å². The summed E-state index contributed by atoms with van der Waals surface area (Å²) in [7, 11) is 0. The minimum Gasteiger partial charge on any atom is -0.380 e. The van der Waals surface area contributed by atoms with Crippen LogP contribution in [0.3, 0.4) is 0 Å². The quantitative estimate of drug-likeness (QED) is 0.844. The van der Waals surface area contributed by atoms with Gasteiger partial charge in [-0.1, -0.05) is 37.3 Å². The number of rotatable bonds is 4. The third-order valence-electron chi connectivity index (χ3n) is 3.09. The van der Waals surface area contributed by atoms with Gasteiger partial charge in [0, 0.05) is 16.7 Å². The predicted octanol–water partition coefficient (Wildman–Crippen LogP) is 4.93. The molecule has 0 atom stereocenters. The molecule has 1 nitrogen and oxygen atoms in total. The second-order valence-corrected chi connectivity index (χ2v) is 5.31. The molecule has 0 aliphatic heterocycles. The molecule has 0 saturated heterocycles. The normalized spacial score (nSPS) is 10.4. The Labute approximate surface area is 117 Å². The lowest BCUT2D eigenvalue weighted by Gasteiger charge is -2.12. The van der Waals surface area contributed by atoms with Crippen LogP contribution in [-0.2, 0) is 13.0 Å². The minimum atomic E-state index is 0.867. The topological polar surface area (TPSA) is 12.0 Å². The van der Waals surface area contributed by atoms with Gasteiger partial charge in [-0.25, -0.2) is 0 Å². The van der Waals surface area contributed by atoms with Crippen LogP contribution in [0.15, 0.2) is 46.9 Å². The Kier molecular flexibility index (Phi) is 4.43. The molecule has 1 N–H and O–H groups in total. The van der Waals surface area contributed by atoms with Crippen molar-refractivity contribution in [3.63, 3.8) is 0 Å². The molecule has 0 aliphatic carbocycles. The van der Waals surface area contributed by atoms with Crippen LogP contribution >= 0.6 is 15.9 Å². The Morgan fingerprint density at radius 1 is 1.06 bits per heavy atom. The van der Waals surface area contributed by atoms with Crippen molar-refractivity contribution >= 4 is 21.6 Å². The summed E-state index contributed by atoms with van der Waals surface area (Å²) in [5.41, 5.74) is 5.20. The number of hydrogen-bond donors (Lipinski definition) is 1. The van der Waals surface area contributed by atoms with Crippen LogP contribution in [-0.4, -0.2) is 0 Å². The summed E-state index contributed by atoms with van der Waals surface area (Å²) in [5.74, 6) is 0. The van der Waals surface area contributed by atoms with Crippen LogP contribution in [0.2, 0.25) is 0 Å². The zero-order valence-electron chi connectivity index (χ0n) is 10.8. The smallest absolute Gasteiger partial charge is 0.0489 e. The standard InChI is InChI=1S/C16H18BrN/c1-3-13-6-4-5-7-14(13)11-18-16-10-12(2)8-9-15(16)17/h4-10,18H,3,11H2,1-2H3. The summed E-state index contributed by atoms with van der Waals surface area (Å²) >= 11 is 3.58. The predicted molar refractivity (Wildman–Crippen MR) is 82.0 cm³/mol. The second-order valence-electron chi connectivity index (χ2n) is 4.46. The van der Waals surface area contributed by atoms with Crippen molar-refractivity contribution in [1.82, 2.24) is 0 Å². The van der Waals surface area contributed by atoms with Crippen molar-refractivity contribution in [1.29, 1.82) is 0 Å². The van der Waals surface area contributed by atoms with E-state index in [2.05, 4.69) is 77.6 Å². The summed E-state index contributed by atoms with van der Waals surface area (Å²) in [5, 5.41) is 3.50. The molecule has 0 aliphatic rings. The molecule has 0 amide bonds. The Morgan fingerprint density at radius 2 is 1.78 bits per heavy atom. The number of hydrogen-bond acceptors (Lipinski definition) is 1. The highest BCUT2D eigenvalue weighted by Gasteiger charge is 2.02. The maximum absolute atomic E-state index is 3.58. The van der Waals surface area contributed by atoms with Crippen molar-refractivity contribution in [2.75, 3.05) is 5.32 Å². The maximum atomic E-state index is 3.58. The summed E-state index contributed by atoms with van der Waals surface area (Å²) < 4.78 is 1.11. The Balaban J connectivity index is 2.14. The number of benzene rings is 2. The summed E-state index contributed by atoms with van der Waals surface area (Å²) in [6.07, 6.45) is 1.08. The first-order valence-electron chi connectivity index (χ1n) is 6.27. The van der Waals surface area contributed by atoms with Crippen LogP contribution < -0.4 is 5.32 Å². The first kappa shape index (κ1) is 13.2. The third-order valence-corrected chi connectivity index (χ3v) is 3.78. The lowest BCUT2D eigenvalue weighted by molar-refractivity contribution is 1.04. The molecule has 94 valence electrons. The van der Waals surface area contributed by atoms with E-state index in [1.54, 1.807) is 0 Å². The lowest BCUT2D eigenvalue weighted by atomic mass is 10.1. The molecular weight excluding hydrogens is 286 g/mol. The van der Waals surface area contributed by atoms with Gasteiger partial charge in [0.2, 0.25) is 0 Å². The molecule has 2 rings (SSSR count). The van der Waals surface area contributed by atoms with E-state index in [1.807, 2.05) is 0 Å². The number of nitrogens with one attached hydrogen (secondary N) is 1. The van der Waals surface area contributed by atoms with Gasteiger partial charge in [0.1, 0.15) is 0 Å². The summed E-state index contributed by atoms with van der Waals surface area (Å²) in [6, 6.07) is 14.9. The van der Waals surface area contributed by atoms with Crippen LogP contribution in [0.25, 0.3) is 0 Å². The molecule has 2 aromatic rings. The number of halogens is 1. The van der Waals surface area contributed by atoms with Gasteiger partial charge in [-0.2, -0.15) is 0 Å². The van der Waals surface area contributed by atoms with E-state index in [-0.39, 0.29) is 0 Å². The van der Waals surface area contributed by atoms with Gasteiger partial charge < -0.3 is 5.32 Å². The molecule has 0 saturated carbocycles. The lowest BCUT2D eigenvalue weighted by Crippen LogP contribution is -2.03. The highest BCUT2D eigenvalue weighted by atomic mass is 79.9. The molecule has 0 fully saturated rings. The highest BCUT2D eigenvalue weighted by molar-refractivity contribution is 9.10. The molecule has 0 aromatic heterocycles. The Morgan fingerprint density at radius 3 is 2.50 bits per heavy atom. The van der Waals surface area contributed by atoms with Gasteiger partial charge in [0.05, 0.1) is 0 Å². The molecule has 0 radical (unpaired) electrons. The molecule has 2 aromatic carbocycles. The summed E-state index contributed by atoms with van der Waals surface area (Å²) in [4.78, 5) is 0. The van der Waals surface area contributed by atoms with Crippen LogP contribution in [0.5, 0.6) is 0 Å². The molecule has 2 heteroatoms. The van der Waals surface area contributed by atoms with Crippen molar-refractivity contribution in [2.45, 2.75) is 26.8 Å². The van der Waals surface area contributed by atoms with Crippen molar-refractivity contribution in [3.05, 3.63) is 63.6 Å². The largest absolute Gasteiger partial charge is 0.380 e. The Bertz CT molecular complexity index is 534. The third kappa shape index (κ3) is 3.14. The van der Waals surface area contributed by atoms with Gasteiger partial charge in [-0.15, -0.1) is 0 Å². The monoisotopic (exact) mass is 303 g/mol. The zero-order valence-corrected chi connectivity index (χ0v) is 12.4. The van der Waals surface area contributed by atoms with Crippen LogP contribution in [0.1, 0.15) is 23.6 Å². The number of aryl methyl sites for hydroxylation is 2. The fourth-order valence-electron chi connectivity index (χ4n) is 2.04. The van der Waals surface area contributed by atoms with Gasteiger partial charge in [-0.05, 0) is 58.1 Å². The average Bonchev–Trinajstić information content (AvgIpc) is 2.40. The minimum absolute atomic E-state index is 0.867. The highest BCUT2D eigenvalue weighted by Crippen LogP contribution is 2.24. The van der Waals surface area contributed by atoms with E-state index < -0.39 is 0 Å². The van der Waals surface area contributed by atoms with Gasteiger partial charge in [0.15, 0.2) is 0 Å². The first-order valence-corrected chi connectivity index (χ1v) is 7.07. The first-order chi connectivity index (χ1) is 8.70. The van der Waals surface area contributed by atoms with E-state index in [0.29, 0.717) is 0 Å². The zero-order chi connectivity index (χ0) is 13.0. The number of anilines is 1. The van der Waals surface area contributed by atoms with E-state index >= 15 is 0 Å². The van der Waals surface area contributed by atoms with E-state index in [4.69, 9.17) is 0 Å². The second kappa shape index (κ2) is 6.05. The van der Waals surface area contributed by atoms with Gasteiger partial charge in [-0.3, -0.25) is 0 Å². The SMILES string of the molecule is CCc1ccccc1CNc1cc(C)ccc1Br. The molecule has 0 heterocycles. The van der Waals surface area contributed by atoms with Crippen LogP contribution in [0, 0.1) is 6.92 Å². The van der Waals surface area contributed by atoms with Gasteiger partial charge >= 0.3 is 0 Å². The molecular formula is C16H18BrN. The molecule has 18 heavy (non-hydrogen) atoms. The van der Waals surface area contributed by atoms with Crippen LogP contribution in [0.4, 0.5) is 5.69 Å². The van der Waals surface area contributed by atoms with E-state index in [0.717, 1.165) is 23.1 Å². The van der Waals surface area contributed by atoms with E-state index in [1.165, 1.54) is 16.7 Å². The fourth-order valence-corrected chi connectivity index (χ4v) is 2.43. The van der Waals surface area contributed by atoms with Gasteiger partial charge in [0.25, 0.3) is 0 Å². The fraction of sp³-hybridized carbons (Fsp3) is 0.250. The average molecular weight is 304 g/mol. The Hall–Kier alpha value is -1.28. The summed E-state index contributed by atoms with van der Waals surface area (Å²) in [6.45, 7) is 5.17. The van der Waals surface area contributed by atoms with Crippen molar-refractivity contribution < 1.29 is 0 Å². The molecule has 0 unspecified atom stereocenters. The molecule has 0 spiro atoms. The van der Waals surface area contributed by atoms with Crippen molar-refractivity contribution in [2.24, 2.45) is 0 Å². The maximum Gasteiger partial charge on any atom is 0.0489 e.